The second-order valence-electron chi connectivity index (χ2n) is 5.24. The van der Waals surface area contributed by atoms with E-state index in [1.165, 1.54) is 12.8 Å². The lowest BCUT2D eigenvalue weighted by atomic mass is 9.89. The van der Waals surface area contributed by atoms with Gasteiger partial charge in [-0.05, 0) is 56.1 Å². The van der Waals surface area contributed by atoms with Gasteiger partial charge in [0.2, 0.25) is 0 Å². The van der Waals surface area contributed by atoms with Crippen molar-refractivity contribution >= 4 is 11.6 Å². The first kappa shape index (κ1) is 14.8. The summed E-state index contributed by atoms with van der Waals surface area (Å²) in [5.41, 5.74) is 6.94. The van der Waals surface area contributed by atoms with Crippen molar-refractivity contribution in [2.45, 2.75) is 32.2 Å². The summed E-state index contributed by atoms with van der Waals surface area (Å²) in [5, 5.41) is 0.185. The van der Waals surface area contributed by atoms with Crippen molar-refractivity contribution in [3.8, 4) is 0 Å². The summed E-state index contributed by atoms with van der Waals surface area (Å²) in [5.74, 6) is 0.0539. The van der Waals surface area contributed by atoms with E-state index < -0.39 is 0 Å². The van der Waals surface area contributed by atoms with Crippen LogP contribution in [0.1, 0.15) is 37.8 Å². The predicted molar refractivity (Wildman–Crippen MR) is 77.8 cm³/mol. The van der Waals surface area contributed by atoms with Crippen LogP contribution in [0.4, 0.5) is 4.39 Å². The molecule has 1 aliphatic heterocycles. The number of nitrogens with two attached hydrogens (primary N) is 1. The zero-order valence-corrected chi connectivity index (χ0v) is 12.2. The average Bonchev–Trinajstić information content (AvgIpc) is 2.63. The Kier molecular flexibility index (Phi) is 5.20. The lowest BCUT2D eigenvalue weighted by Crippen LogP contribution is -2.35. The highest BCUT2D eigenvalue weighted by Gasteiger charge is 2.29. The maximum atomic E-state index is 13.7. The number of halogens is 2. The van der Waals surface area contributed by atoms with Gasteiger partial charge in [0, 0.05) is 6.04 Å². The van der Waals surface area contributed by atoms with Crippen molar-refractivity contribution < 1.29 is 4.39 Å². The van der Waals surface area contributed by atoms with Gasteiger partial charge in [0.1, 0.15) is 5.82 Å². The molecule has 1 fully saturated rings. The van der Waals surface area contributed by atoms with Crippen molar-refractivity contribution in [3.63, 3.8) is 0 Å². The smallest absolute Gasteiger partial charge is 0.142 e. The second-order valence-corrected chi connectivity index (χ2v) is 5.65. The van der Waals surface area contributed by atoms with E-state index in [4.69, 9.17) is 17.3 Å². The third-order valence-corrected chi connectivity index (χ3v) is 4.41. The van der Waals surface area contributed by atoms with Crippen LogP contribution in [-0.2, 0) is 0 Å². The predicted octanol–water partition coefficient (Wildman–Crippen LogP) is 3.60. The Bertz CT molecular complexity index is 411. The molecule has 2 unspecified atom stereocenters. The summed E-state index contributed by atoms with van der Waals surface area (Å²) in [6, 6.07) is 5.37. The van der Waals surface area contributed by atoms with Crippen LogP contribution in [0.3, 0.4) is 0 Å². The molecule has 19 heavy (non-hydrogen) atoms. The molecule has 4 heteroatoms. The van der Waals surface area contributed by atoms with Crippen molar-refractivity contribution in [2.75, 3.05) is 19.6 Å². The SMILES string of the molecule is CCN1CCCCC(CN)C1c1ccc(Cl)c(F)c1. The molecule has 2 N–H and O–H groups in total. The van der Waals surface area contributed by atoms with Crippen LogP contribution < -0.4 is 5.73 Å². The molecule has 0 aliphatic carbocycles. The number of hydrogen-bond donors (Lipinski definition) is 1. The largest absolute Gasteiger partial charge is 0.330 e. The van der Waals surface area contributed by atoms with E-state index >= 15 is 0 Å². The Morgan fingerprint density at radius 3 is 2.84 bits per heavy atom. The number of likely N-dealkylation sites (tertiary alicyclic amines) is 1. The standard InChI is InChI=1S/C15H22ClFN2/c1-2-19-8-4-3-5-12(10-18)15(19)11-6-7-13(16)14(17)9-11/h6-7,9,12,15H,2-5,8,10,18H2,1H3. The third-order valence-electron chi connectivity index (χ3n) is 4.10. The molecule has 106 valence electrons. The molecule has 0 saturated carbocycles. The van der Waals surface area contributed by atoms with Crippen molar-refractivity contribution in [1.82, 2.24) is 4.90 Å². The van der Waals surface area contributed by atoms with Crippen LogP contribution in [0.25, 0.3) is 0 Å². The van der Waals surface area contributed by atoms with Gasteiger partial charge in [-0.25, -0.2) is 4.39 Å². The summed E-state index contributed by atoms with van der Waals surface area (Å²) < 4.78 is 13.7. The fraction of sp³-hybridized carbons (Fsp3) is 0.600. The third kappa shape index (κ3) is 3.28. The minimum absolute atomic E-state index is 0.185. The van der Waals surface area contributed by atoms with E-state index in [0.29, 0.717) is 12.5 Å². The number of benzene rings is 1. The molecule has 1 heterocycles. The molecule has 0 amide bonds. The van der Waals surface area contributed by atoms with Crippen molar-refractivity contribution in [3.05, 3.63) is 34.6 Å². The lowest BCUT2D eigenvalue weighted by molar-refractivity contribution is 0.166. The molecule has 0 bridgehead atoms. The van der Waals surface area contributed by atoms with Crippen LogP contribution in [0.15, 0.2) is 18.2 Å². The van der Waals surface area contributed by atoms with Gasteiger partial charge in [-0.2, -0.15) is 0 Å². The minimum atomic E-state index is -0.338. The van der Waals surface area contributed by atoms with Gasteiger partial charge in [-0.3, -0.25) is 4.90 Å². The van der Waals surface area contributed by atoms with E-state index in [-0.39, 0.29) is 16.9 Å². The molecule has 0 spiro atoms. The minimum Gasteiger partial charge on any atom is -0.330 e. The first-order valence-corrected chi connectivity index (χ1v) is 7.44. The van der Waals surface area contributed by atoms with Gasteiger partial charge >= 0.3 is 0 Å². The summed E-state index contributed by atoms with van der Waals surface area (Å²) in [4.78, 5) is 2.41. The van der Waals surface area contributed by atoms with Gasteiger partial charge in [0.15, 0.2) is 0 Å². The summed E-state index contributed by atoms with van der Waals surface area (Å²) >= 11 is 5.78. The van der Waals surface area contributed by atoms with E-state index in [2.05, 4.69) is 11.8 Å². The molecule has 0 radical (unpaired) electrons. The summed E-state index contributed by atoms with van der Waals surface area (Å²) in [7, 11) is 0. The first-order chi connectivity index (χ1) is 9.17. The van der Waals surface area contributed by atoms with Gasteiger partial charge < -0.3 is 5.73 Å². The molecule has 0 aromatic heterocycles. The van der Waals surface area contributed by atoms with Gasteiger partial charge in [0.05, 0.1) is 5.02 Å². The maximum absolute atomic E-state index is 13.7. The van der Waals surface area contributed by atoms with Crippen LogP contribution >= 0.6 is 11.6 Å². The monoisotopic (exact) mass is 284 g/mol. The molecular weight excluding hydrogens is 263 g/mol. The normalized spacial score (nSPS) is 25.3. The number of hydrogen-bond acceptors (Lipinski definition) is 2. The van der Waals surface area contributed by atoms with Gasteiger partial charge in [-0.15, -0.1) is 0 Å². The fourth-order valence-corrected chi connectivity index (χ4v) is 3.21. The molecular formula is C15H22ClFN2. The maximum Gasteiger partial charge on any atom is 0.142 e. The lowest BCUT2D eigenvalue weighted by Gasteiger charge is -2.34. The quantitative estimate of drug-likeness (QED) is 0.919. The van der Waals surface area contributed by atoms with E-state index in [1.54, 1.807) is 12.1 Å². The Labute approximate surface area is 119 Å². The highest BCUT2D eigenvalue weighted by Crippen LogP contribution is 2.35. The van der Waals surface area contributed by atoms with Gasteiger partial charge in [0.25, 0.3) is 0 Å². The molecule has 2 rings (SSSR count). The molecule has 2 nitrogen and oxygen atoms in total. The van der Waals surface area contributed by atoms with Crippen LogP contribution in [-0.4, -0.2) is 24.5 Å². The Hall–Kier alpha value is -0.640. The summed E-state index contributed by atoms with van der Waals surface area (Å²) in [6.45, 7) is 4.82. The Balaban J connectivity index is 2.36. The molecule has 1 saturated heterocycles. The number of nitrogens with zero attached hydrogens (tertiary/aromatic N) is 1. The molecule has 2 atom stereocenters. The molecule has 1 aliphatic rings. The molecule has 1 aromatic carbocycles. The highest BCUT2D eigenvalue weighted by molar-refractivity contribution is 6.30. The first-order valence-electron chi connectivity index (χ1n) is 7.06. The van der Waals surface area contributed by atoms with Crippen molar-refractivity contribution in [1.29, 1.82) is 0 Å². The second kappa shape index (κ2) is 6.69. The average molecular weight is 285 g/mol. The van der Waals surface area contributed by atoms with E-state index in [9.17, 15) is 4.39 Å². The topological polar surface area (TPSA) is 29.3 Å². The zero-order valence-electron chi connectivity index (χ0n) is 11.4. The van der Waals surface area contributed by atoms with E-state index in [0.717, 1.165) is 25.1 Å². The van der Waals surface area contributed by atoms with Crippen molar-refractivity contribution in [2.24, 2.45) is 11.7 Å². The fourth-order valence-electron chi connectivity index (χ4n) is 3.10. The zero-order chi connectivity index (χ0) is 13.8. The van der Waals surface area contributed by atoms with Gasteiger partial charge in [-0.1, -0.05) is 31.0 Å². The Morgan fingerprint density at radius 2 is 2.21 bits per heavy atom. The van der Waals surface area contributed by atoms with Crippen LogP contribution in [0.5, 0.6) is 0 Å². The van der Waals surface area contributed by atoms with E-state index in [1.807, 2.05) is 6.07 Å². The van der Waals surface area contributed by atoms with Crippen LogP contribution in [0, 0.1) is 11.7 Å². The summed E-state index contributed by atoms with van der Waals surface area (Å²) in [6.07, 6.45) is 3.50. The number of rotatable bonds is 3. The molecule has 1 aromatic rings. The highest BCUT2D eigenvalue weighted by atomic mass is 35.5. The Morgan fingerprint density at radius 1 is 1.42 bits per heavy atom. The van der Waals surface area contributed by atoms with Crippen LogP contribution in [0.2, 0.25) is 5.02 Å².